The number of imidazole rings is 1. The van der Waals surface area contributed by atoms with E-state index in [1.165, 1.54) is 0 Å². The van der Waals surface area contributed by atoms with Crippen molar-refractivity contribution < 1.29 is 0 Å². The van der Waals surface area contributed by atoms with E-state index < -0.39 is 0 Å². The molecule has 0 bridgehead atoms. The van der Waals surface area contributed by atoms with E-state index in [0.717, 1.165) is 24.4 Å². The summed E-state index contributed by atoms with van der Waals surface area (Å²) in [5.41, 5.74) is 2.08. The van der Waals surface area contributed by atoms with E-state index in [1.807, 2.05) is 22.5 Å². The van der Waals surface area contributed by atoms with Gasteiger partial charge in [-0.2, -0.15) is 5.10 Å². The molecule has 1 atom stereocenters. The number of hydrogen-bond donors (Lipinski definition) is 1. The third kappa shape index (κ3) is 2.88. The van der Waals surface area contributed by atoms with Crippen LogP contribution < -0.4 is 5.32 Å². The highest BCUT2D eigenvalue weighted by Crippen LogP contribution is 2.29. The number of nitrogens with one attached hydrogen (secondary N) is 1. The van der Waals surface area contributed by atoms with Crippen molar-refractivity contribution in [2.24, 2.45) is 7.05 Å². The van der Waals surface area contributed by atoms with Gasteiger partial charge in [0.25, 0.3) is 0 Å². The minimum atomic E-state index is -0.000139. The average Bonchev–Trinajstić information content (AvgIpc) is 2.98. The third-order valence-corrected chi connectivity index (χ3v) is 3.59. The second-order valence-corrected chi connectivity index (χ2v) is 5.64. The average molecular weight is 296 g/mol. The van der Waals surface area contributed by atoms with E-state index in [9.17, 15) is 0 Å². The SMILES string of the molecule is CCCNC(c1cncn1C)c1c(Cl)cnn1C(C)C. The smallest absolute Gasteiger partial charge is 0.0946 e. The van der Waals surface area contributed by atoms with Crippen LogP contribution in [0.4, 0.5) is 0 Å². The fourth-order valence-corrected chi connectivity index (χ4v) is 2.55. The van der Waals surface area contributed by atoms with Crippen LogP contribution in [0.3, 0.4) is 0 Å². The molecule has 2 aromatic rings. The Morgan fingerprint density at radius 2 is 2.10 bits per heavy atom. The van der Waals surface area contributed by atoms with Gasteiger partial charge in [-0.1, -0.05) is 18.5 Å². The zero-order chi connectivity index (χ0) is 14.7. The van der Waals surface area contributed by atoms with Gasteiger partial charge >= 0.3 is 0 Å². The molecule has 0 amide bonds. The molecule has 20 heavy (non-hydrogen) atoms. The van der Waals surface area contributed by atoms with Gasteiger partial charge < -0.3 is 9.88 Å². The molecule has 1 N–H and O–H groups in total. The topological polar surface area (TPSA) is 47.7 Å². The van der Waals surface area contributed by atoms with Gasteiger partial charge in [-0.15, -0.1) is 0 Å². The Kier molecular flexibility index (Phi) is 4.83. The summed E-state index contributed by atoms with van der Waals surface area (Å²) in [5.74, 6) is 0. The summed E-state index contributed by atoms with van der Waals surface area (Å²) in [4.78, 5) is 4.21. The summed E-state index contributed by atoms with van der Waals surface area (Å²) in [6.07, 6.45) is 6.46. The van der Waals surface area contributed by atoms with E-state index in [-0.39, 0.29) is 12.1 Å². The van der Waals surface area contributed by atoms with Crippen LogP contribution in [0.5, 0.6) is 0 Å². The molecule has 6 heteroatoms. The normalized spacial score (nSPS) is 13.1. The van der Waals surface area contributed by atoms with E-state index in [1.54, 1.807) is 12.5 Å². The maximum absolute atomic E-state index is 6.38. The summed E-state index contributed by atoms with van der Waals surface area (Å²) in [6.45, 7) is 7.27. The quantitative estimate of drug-likeness (QED) is 0.891. The molecule has 0 spiro atoms. The van der Waals surface area contributed by atoms with Crippen molar-refractivity contribution in [2.75, 3.05) is 6.54 Å². The van der Waals surface area contributed by atoms with Gasteiger partial charge in [-0.3, -0.25) is 4.68 Å². The van der Waals surface area contributed by atoms with Crippen molar-refractivity contribution in [3.05, 3.63) is 35.1 Å². The molecular formula is C14H22ClN5. The number of aryl methyl sites for hydroxylation is 1. The second-order valence-electron chi connectivity index (χ2n) is 5.23. The third-order valence-electron chi connectivity index (χ3n) is 3.30. The highest BCUT2D eigenvalue weighted by Gasteiger charge is 2.24. The molecule has 0 saturated heterocycles. The molecule has 0 aliphatic rings. The van der Waals surface area contributed by atoms with Crippen molar-refractivity contribution in [1.82, 2.24) is 24.6 Å². The minimum absolute atomic E-state index is 0.000139. The van der Waals surface area contributed by atoms with E-state index in [4.69, 9.17) is 11.6 Å². The molecule has 1 unspecified atom stereocenters. The first-order valence-corrected chi connectivity index (χ1v) is 7.36. The van der Waals surface area contributed by atoms with E-state index in [2.05, 4.69) is 36.2 Å². The Bertz CT molecular complexity index is 558. The monoisotopic (exact) mass is 295 g/mol. The van der Waals surface area contributed by atoms with Crippen LogP contribution in [0.15, 0.2) is 18.7 Å². The largest absolute Gasteiger partial charge is 0.336 e. The van der Waals surface area contributed by atoms with E-state index >= 15 is 0 Å². The minimum Gasteiger partial charge on any atom is -0.336 e. The predicted molar refractivity (Wildman–Crippen MR) is 81.0 cm³/mol. The molecule has 0 aliphatic carbocycles. The standard InChI is InChI=1S/C14H22ClN5/c1-5-6-17-13(12-8-16-9-19(12)4)14-11(15)7-18-20(14)10(2)3/h7-10,13,17H,5-6H2,1-4H3. The molecule has 2 rings (SSSR count). The second kappa shape index (κ2) is 6.41. The van der Waals surface area contributed by atoms with Crippen molar-refractivity contribution >= 4 is 11.6 Å². The number of nitrogens with zero attached hydrogens (tertiary/aromatic N) is 4. The Morgan fingerprint density at radius 1 is 1.35 bits per heavy atom. The Balaban J connectivity index is 2.46. The van der Waals surface area contributed by atoms with Gasteiger partial charge in [0.05, 0.1) is 41.2 Å². The number of rotatable bonds is 6. The van der Waals surface area contributed by atoms with Gasteiger partial charge in [0.1, 0.15) is 0 Å². The van der Waals surface area contributed by atoms with Crippen LogP contribution in [0.25, 0.3) is 0 Å². The number of hydrogen-bond acceptors (Lipinski definition) is 3. The maximum Gasteiger partial charge on any atom is 0.0946 e. The predicted octanol–water partition coefficient (Wildman–Crippen LogP) is 2.94. The van der Waals surface area contributed by atoms with Crippen LogP contribution in [0.1, 0.15) is 50.7 Å². The molecular weight excluding hydrogens is 274 g/mol. The first-order chi connectivity index (χ1) is 9.56. The zero-order valence-electron chi connectivity index (χ0n) is 12.5. The lowest BCUT2D eigenvalue weighted by Crippen LogP contribution is -2.28. The first-order valence-electron chi connectivity index (χ1n) is 6.98. The van der Waals surface area contributed by atoms with Gasteiger partial charge in [0, 0.05) is 13.1 Å². The summed E-state index contributed by atoms with van der Waals surface area (Å²) in [7, 11) is 1.99. The van der Waals surface area contributed by atoms with Crippen LogP contribution in [-0.4, -0.2) is 25.9 Å². The highest BCUT2D eigenvalue weighted by atomic mass is 35.5. The molecule has 2 heterocycles. The lowest BCUT2D eigenvalue weighted by Gasteiger charge is -2.22. The van der Waals surface area contributed by atoms with Gasteiger partial charge in [-0.25, -0.2) is 4.98 Å². The lowest BCUT2D eigenvalue weighted by atomic mass is 10.1. The Morgan fingerprint density at radius 3 is 2.65 bits per heavy atom. The summed E-state index contributed by atoms with van der Waals surface area (Å²) in [5, 5.41) is 8.63. The van der Waals surface area contributed by atoms with Crippen LogP contribution >= 0.6 is 11.6 Å². The molecule has 110 valence electrons. The molecule has 0 aliphatic heterocycles. The number of halogens is 1. The summed E-state index contributed by atoms with van der Waals surface area (Å²) >= 11 is 6.38. The molecule has 0 saturated carbocycles. The lowest BCUT2D eigenvalue weighted by molar-refractivity contribution is 0.463. The van der Waals surface area contributed by atoms with Crippen LogP contribution in [-0.2, 0) is 7.05 Å². The first kappa shape index (κ1) is 15.1. The number of aromatic nitrogens is 4. The van der Waals surface area contributed by atoms with Crippen molar-refractivity contribution in [3.8, 4) is 0 Å². The Labute approximate surface area is 125 Å². The fraction of sp³-hybridized carbons (Fsp3) is 0.571. The molecule has 5 nitrogen and oxygen atoms in total. The van der Waals surface area contributed by atoms with E-state index in [0.29, 0.717) is 5.02 Å². The molecule has 0 radical (unpaired) electrons. The molecule has 0 fully saturated rings. The van der Waals surface area contributed by atoms with Gasteiger partial charge in [-0.05, 0) is 26.8 Å². The molecule has 0 aromatic carbocycles. The zero-order valence-corrected chi connectivity index (χ0v) is 13.2. The summed E-state index contributed by atoms with van der Waals surface area (Å²) in [6, 6.07) is 0.261. The maximum atomic E-state index is 6.38. The highest BCUT2D eigenvalue weighted by molar-refractivity contribution is 6.31. The van der Waals surface area contributed by atoms with Gasteiger partial charge in [0.15, 0.2) is 0 Å². The van der Waals surface area contributed by atoms with Crippen molar-refractivity contribution in [3.63, 3.8) is 0 Å². The van der Waals surface area contributed by atoms with Crippen LogP contribution in [0, 0.1) is 0 Å². The Hall–Kier alpha value is -1.33. The summed E-state index contributed by atoms with van der Waals surface area (Å²) < 4.78 is 3.99. The molecule has 2 aromatic heterocycles. The van der Waals surface area contributed by atoms with Crippen molar-refractivity contribution in [1.29, 1.82) is 0 Å². The fourth-order valence-electron chi connectivity index (χ4n) is 2.31. The van der Waals surface area contributed by atoms with Crippen LogP contribution in [0.2, 0.25) is 5.02 Å². The van der Waals surface area contributed by atoms with Crippen molar-refractivity contribution in [2.45, 2.75) is 39.3 Å². The van der Waals surface area contributed by atoms with Gasteiger partial charge in [0.2, 0.25) is 0 Å².